The molecule has 0 fully saturated rings. The molecule has 0 aromatic heterocycles. The molecule has 0 unspecified atom stereocenters. The third-order valence-electron chi connectivity index (χ3n) is 6.25. The number of nitrogens with zero attached hydrogens (tertiary/aromatic N) is 2. The van der Waals surface area contributed by atoms with Crippen LogP contribution >= 0.6 is 0 Å². The van der Waals surface area contributed by atoms with Gasteiger partial charge in [-0.1, -0.05) is 42.8 Å². The summed E-state index contributed by atoms with van der Waals surface area (Å²) in [4.78, 5) is 27.9. The Bertz CT molecular complexity index is 1140. The Morgan fingerprint density at radius 3 is 2.17 bits per heavy atom. The van der Waals surface area contributed by atoms with Crippen molar-refractivity contribution >= 4 is 27.5 Å². The molecule has 0 saturated carbocycles. The standard InChI is InChI=1S/C28H41N3O4S/c1-8-23(5)29-28(33)24(6)30(19-25-12-9-11-20(2)16-25)27(32)13-10-14-31(36(7,34)35)26-17-21(3)15-22(4)18-26/h9,11-12,15-18,23-24H,8,10,13-14,19H2,1-7H3,(H,29,33)/t23-,24-/m1/s1. The first kappa shape index (κ1) is 29.4. The van der Waals surface area contributed by atoms with Gasteiger partial charge in [-0.25, -0.2) is 8.42 Å². The Kier molecular flexibility index (Phi) is 10.5. The van der Waals surface area contributed by atoms with Crippen molar-refractivity contribution in [1.29, 1.82) is 0 Å². The summed E-state index contributed by atoms with van der Waals surface area (Å²) in [6.45, 7) is 12.0. The SMILES string of the molecule is CC[C@@H](C)NC(=O)[C@@H](C)N(Cc1cccc(C)c1)C(=O)CCCN(c1cc(C)cc(C)c1)S(C)(=O)=O. The fourth-order valence-electron chi connectivity index (χ4n) is 4.15. The van der Waals surface area contributed by atoms with Gasteiger partial charge in [-0.3, -0.25) is 13.9 Å². The van der Waals surface area contributed by atoms with E-state index in [0.29, 0.717) is 18.7 Å². The highest BCUT2D eigenvalue weighted by atomic mass is 32.2. The van der Waals surface area contributed by atoms with Gasteiger partial charge in [-0.2, -0.15) is 0 Å². The zero-order valence-corrected chi connectivity index (χ0v) is 23.5. The van der Waals surface area contributed by atoms with Gasteiger partial charge in [0.25, 0.3) is 0 Å². The molecule has 0 saturated heterocycles. The predicted molar refractivity (Wildman–Crippen MR) is 146 cm³/mol. The lowest BCUT2D eigenvalue weighted by Crippen LogP contribution is -2.49. The average molecular weight is 516 g/mol. The van der Waals surface area contributed by atoms with Crippen molar-refractivity contribution in [3.05, 3.63) is 64.7 Å². The van der Waals surface area contributed by atoms with Crippen LogP contribution in [0.4, 0.5) is 5.69 Å². The van der Waals surface area contributed by atoms with Gasteiger partial charge >= 0.3 is 0 Å². The zero-order valence-electron chi connectivity index (χ0n) is 22.7. The van der Waals surface area contributed by atoms with E-state index in [9.17, 15) is 18.0 Å². The number of hydrogen-bond acceptors (Lipinski definition) is 4. The first-order valence-corrected chi connectivity index (χ1v) is 14.4. The van der Waals surface area contributed by atoms with Crippen LogP contribution in [0.15, 0.2) is 42.5 Å². The molecular formula is C28H41N3O4S. The largest absolute Gasteiger partial charge is 0.352 e. The van der Waals surface area contributed by atoms with E-state index in [4.69, 9.17) is 0 Å². The van der Waals surface area contributed by atoms with Crippen LogP contribution in [0.5, 0.6) is 0 Å². The maximum absolute atomic E-state index is 13.4. The van der Waals surface area contributed by atoms with Crippen LogP contribution in [0.3, 0.4) is 0 Å². The summed E-state index contributed by atoms with van der Waals surface area (Å²) in [6, 6.07) is 12.9. The first-order valence-electron chi connectivity index (χ1n) is 12.5. The van der Waals surface area contributed by atoms with Crippen LogP contribution in [0.1, 0.15) is 62.3 Å². The summed E-state index contributed by atoms with van der Waals surface area (Å²) in [7, 11) is -3.52. The number of carbonyl (C=O) groups is 2. The quantitative estimate of drug-likeness (QED) is 0.451. The van der Waals surface area contributed by atoms with Crippen LogP contribution < -0.4 is 9.62 Å². The van der Waals surface area contributed by atoms with E-state index < -0.39 is 16.1 Å². The van der Waals surface area contributed by atoms with Crippen molar-refractivity contribution in [3.63, 3.8) is 0 Å². The fraction of sp³-hybridized carbons (Fsp3) is 0.500. The molecule has 7 nitrogen and oxygen atoms in total. The van der Waals surface area contributed by atoms with Gasteiger partial charge in [0.2, 0.25) is 21.8 Å². The fourth-order valence-corrected chi connectivity index (χ4v) is 5.10. The number of nitrogens with one attached hydrogen (secondary N) is 1. The second kappa shape index (κ2) is 12.9. The summed E-state index contributed by atoms with van der Waals surface area (Å²) >= 11 is 0. The molecule has 0 aliphatic heterocycles. The highest BCUT2D eigenvalue weighted by Crippen LogP contribution is 2.22. The normalized spacial score (nSPS) is 13.1. The highest BCUT2D eigenvalue weighted by molar-refractivity contribution is 7.92. The Morgan fingerprint density at radius 2 is 1.61 bits per heavy atom. The molecule has 0 bridgehead atoms. The van der Waals surface area contributed by atoms with E-state index in [2.05, 4.69) is 5.32 Å². The van der Waals surface area contributed by atoms with Crippen LogP contribution in [0, 0.1) is 20.8 Å². The first-order chi connectivity index (χ1) is 16.8. The van der Waals surface area contributed by atoms with Gasteiger partial charge in [0, 0.05) is 25.6 Å². The minimum absolute atomic E-state index is 0.0111. The molecule has 2 aromatic carbocycles. The zero-order chi connectivity index (χ0) is 27.0. The Labute approximate surface area is 216 Å². The Hall–Kier alpha value is -2.87. The summed E-state index contributed by atoms with van der Waals surface area (Å²) in [6.07, 6.45) is 2.44. The maximum atomic E-state index is 13.4. The van der Waals surface area contributed by atoms with E-state index in [1.807, 2.05) is 77.1 Å². The van der Waals surface area contributed by atoms with E-state index in [1.54, 1.807) is 11.8 Å². The number of aryl methyl sites for hydroxylation is 3. The molecule has 0 aliphatic rings. The van der Waals surface area contributed by atoms with Crippen LogP contribution in [-0.4, -0.2) is 50.0 Å². The predicted octanol–water partition coefficient (Wildman–Crippen LogP) is 4.49. The second-order valence-corrected chi connectivity index (χ2v) is 11.7. The number of rotatable bonds is 12. The number of anilines is 1. The smallest absolute Gasteiger partial charge is 0.242 e. The van der Waals surface area contributed by atoms with Gasteiger partial charge in [0.05, 0.1) is 11.9 Å². The minimum atomic E-state index is -3.52. The summed E-state index contributed by atoms with van der Waals surface area (Å²) < 4.78 is 26.4. The molecule has 0 spiro atoms. The molecule has 2 aromatic rings. The molecule has 1 N–H and O–H groups in total. The monoisotopic (exact) mass is 515 g/mol. The third-order valence-corrected chi connectivity index (χ3v) is 7.44. The topological polar surface area (TPSA) is 86.8 Å². The molecule has 8 heteroatoms. The van der Waals surface area contributed by atoms with Crippen molar-refractivity contribution in [2.75, 3.05) is 17.1 Å². The highest BCUT2D eigenvalue weighted by Gasteiger charge is 2.27. The van der Waals surface area contributed by atoms with Crippen LogP contribution in [0.25, 0.3) is 0 Å². The maximum Gasteiger partial charge on any atom is 0.242 e. The van der Waals surface area contributed by atoms with E-state index in [-0.39, 0.29) is 30.8 Å². The van der Waals surface area contributed by atoms with Crippen LogP contribution in [-0.2, 0) is 26.2 Å². The minimum Gasteiger partial charge on any atom is -0.352 e. The summed E-state index contributed by atoms with van der Waals surface area (Å²) in [5.74, 6) is -0.379. The van der Waals surface area contributed by atoms with E-state index in [1.165, 1.54) is 10.6 Å². The Morgan fingerprint density at radius 1 is 0.972 bits per heavy atom. The third kappa shape index (κ3) is 8.66. The molecule has 2 rings (SSSR count). The number of benzene rings is 2. The van der Waals surface area contributed by atoms with E-state index in [0.717, 1.165) is 28.7 Å². The second-order valence-electron chi connectivity index (χ2n) is 9.79. The average Bonchev–Trinajstić information content (AvgIpc) is 2.78. The lowest BCUT2D eigenvalue weighted by molar-refractivity contribution is -0.140. The Balaban J connectivity index is 2.20. The lowest BCUT2D eigenvalue weighted by atomic mass is 10.1. The van der Waals surface area contributed by atoms with Crippen molar-refractivity contribution in [2.45, 2.75) is 79.4 Å². The number of sulfonamides is 1. The molecule has 0 radical (unpaired) electrons. The molecule has 2 amide bonds. The number of carbonyl (C=O) groups excluding carboxylic acids is 2. The molecule has 36 heavy (non-hydrogen) atoms. The van der Waals surface area contributed by atoms with Crippen molar-refractivity contribution < 1.29 is 18.0 Å². The molecule has 0 heterocycles. The molecule has 0 aliphatic carbocycles. The van der Waals surface area contributed by atoms with Gasteiger partial charge < -0.3 is 10.2 Å². The lowest BCUT2D eigenvalue weighted by Gasteiger charge is -2.30. The van der Waals surface area contributed by atoms with Gasteiger partial charge in [0.1, 0.15) is 6.04 Å². The van der Waals surface area contributed by atoms with Crippen LogP contribution in [0.2, 0.25) is 0 Å². The van der Waals surface area contributed by atoms with Crippen molar-refractivity contribution in [2.24, 2.45) is 0 Å². The number of amides is 2. The molecule has 198 valence electrons. The molecule has 2 atom stereocenters. The van der Waals surface area contributed by atoms with Gasteiger partial charge in [-0.05, 0) is 76.3 Å². The summed E-state index contributed by atoms with van der Waals surface area (Å²) in [5, 5.41) is 2.97. The summed E-state index contributed by atoms with van der Waals surface area (Å²) in [5.41, 5.74) is 4.56. The molecular weight excluding hydrogens is 474 g/mol. The van der Waals surface area contributed by atoms with Crippen molar-refractivity contribution in [3.8, 4) is 0 Å². The van der Waals surface area contributed by atoms with Gasteiger partial charge in [0.15, 0.2) is 0 Å². The number of hydrogen-bond donors (Lipinski definition) is 1. The van der Waals surface area contributed by atoms with Crippen molar-refractivity contribution in [1.82, 2.24) is 10.2 Å². The van der Waals surface area contributed by atoms with Gasteiger partial charge in [-0.15, -0.1) is 0 Å². The van der Waals surface area contributed by atoms with E-state index >= 15 is 0 Å².